The molecule has 1 fully saturated rings. The number of benzene rings is 2. The van der Waals surface area contributed by atoms with E-state index >= 15 is 0 Å². The number of hydrogen-bond acceptors (Lipinski definition) is 4. The molecule has 2 heterocycles. The Balaban J connectivity index is 1.88. The predicted octanol–water partition coefficient (Wildman–Crippen LogP) is 4.66. The van der Waals surface area contributed by atoms with Gasteiger partial charge in [0.05, 0.1) is 24.4 Å². The summed E-state index contributed by atoms with van der Waals surface area (Å²) in [5, 5.41) is 10.9. The van der Waals surface area contributed by atoms with Crippen LogP contribution >= 0.6 is 15.9 Å². The highest BCUT2D eigenvalue weighted by Gasteiger charge is 2.46. The quantitative estimate of drug-likeness (QED) is 0.365. The molecule has 0 aliphatic carbocycles. The summed E-state index contributed by atoms with van der Waals surface area (Å²) in [5.74, 6) is -1.01. The monoisotopic (exact) mass is 437 g/mol. The van der Waals surface area contributed by atoms with Crippen molar-refractivity contribution in [3.63, 3.8) is 0 Å². The Hall–Kier alpha value is -3.12. The fraction of sp³-hybridized carbons (Fsp3) is 0.0909. The van der Waals surface area contributed by atoms with Crippen molar-refractivity contribution in [3.8, 4) is 0 Å². The SMILES string of the molecule is O=C1C(=O)N(Cc2ccco2)C(c2cccc(Br)c2)C1=C(O)c1ccccc1. The van der Waals surface area contributed by atoms with Crippen LogP contribution in [0.3, 0.4) is 0 Å². The zero-order chi connectivity index (χ0) is 19.7. The number of halogens is 1. The molecule has 1 amide bonds. The molecule has 3 aromatic rings. The second-order valence-corrected chi connectivity index (χ2v) is 7.34. The van der Waals surface area contributed by atoms with Crippen molar-refractivity contribution in [2.75, 3.05) is 0 Å². The Kier molecular flexibility index (Phi) is 4.88. The van der Waals surface area contributed by atoms with Gasteiger partial charge < -0.3 is 14.4 Å². The molecule has 2 aromatic carbocycles. The van der Waals surface area contributed by atoms with Crippen LogP contribution in [0.1, 0.15) is 22.9 Å². The highest BCUT2D eigenvalue weighted by Crippen LogP contribution is 2.40. The van der Waals surface area contributed by atoms with E-state index in [9.17, 15) is 14.7 Å². The molecule has 28 heavy (non-hydrogen) atoms. The van der Waals surface area contributed by atoms with Crippen molar-refractivity contribution in [1.29, 1.82) is 0 Å². The fourth-order valence-electron chi connectivity index (χ4n) is 3.39. The van der Waals surface area contributed by atoms with Crippen molar-refractivity contribution in [3.05, 3.63) is 99.9 Å². The van der Waals surface area contributed by atoms with E-state index in [-0.39, 0.29) is 17.9 Å². The van der Waals surface area contributed by atoms with Crippen LogP contribution in [0.5, 0.6) is 0 Å². The highest BCUT2D eigenvalue weighted by atomic mass is 79.9. The third-order valence-electron chi connectivity index (χ3n) is 4.66. The summed E-state index contributed by atoms with van der Waals surface area (Å²) in [6, 6.07) is 18.9. The Morgan fingerprint density at radius 3 is 2.50 bits per heavy atom. The zero-order valence-corrected chi connectivity index (χ0v) is 16.3. The topological polar surface area (TPSA) is 70.8 Å². The predicted molar refractivity (Wildman–Crippen MR) is 107 cm³/mol. The van der Waals surface area contributed by atoms with Crippen LogP contribution in [-0.2, 0) is 16.1 Å². The molecule has 1 N–H and O–H groups in total. The lowest BCUT2D eigenvalue weighted by atomic mass is 9.95. The van der Waals surface area contributed by atoms with E-state index in [1.165, 1.54) is 11.2 Å². The van der Waals surface area contributed by atoms with Gasteiger partial charge in [-0.05, 0) is 29.8 Å². The molecular formula is C22H16BrNO4. The Morgan fingerprint density at radius 2 is 1.82 bits per heavy atom. The first kappa shape index (κ1) is 18.3. The molecule has 0 bridgehead atoms. The van der Waals surface area contributed by atoms with Gasteiger partial charge in [0, 0.05) is 10.0 Å². The fourth-order valence-corrected chi connectivity index (χ4v) is 3.81. The number of carbonyl (C=O) groups is 2. The number of furan rings is 1. The lowest BCUT2D eigenvalue weighted by Gasteiger charge is -2.24. The highest BCUT2D eigenvalue weighted by molar-refractivity contribution is 9.10. The lowest BCUT2D eigenvalue weighted by Crippen LogP contribution is -2.29. The van der Waals surface area contributed by atoms with Crippen molar-refractivity contribution < 1.29 is 19.1 Å². The first-order valence-electron chi connectivity index (χ1n) is 8.68. The number of aliphatic hydroxyl groups excluding tert-OH is 1. The first-order valence-corrected chi connectivity index (χ1v) is 9.47. The van der Waals surface area contributed by atoms with Gasteiger partial charge >= 0.3 is 0 Å². The van der Waals surface area contributed by atoms with Crippen LogP contribution in [0.2, 0.25) is 0 Å². The van der Waals surface area contributed by atoms with Crippen molar-refractivity contribution in [2.45, 2.75) is 12.6 Å². The van der Waals surface area contributed by atoms with Gasteiger partial charge in [0.15, 0.2) is 0 Å². The van der Waals surface area contributed by atoms with Crippen LogP contribution in [0.4, 0.5) is 0 Å². The van der Waals surface area contributed by atoms with Crippen molar-refractivity contribution in [2.24, 2.45) is 0 Å². The minimum absolute atomic E-state index is 0.0702. The summed E-state index contributed by atoms with van der Waals surface area (Å²) in [7, 11) is 0. The molecule has 6 heteroatoms. The van der Waals surface area contributed by atoms with Crippen LogP contribution < -0.4 is 0 Å². The minimum atomic E-state index is -0.720. The smallest absolute Gasteiger partial charge is 0.296 e. The maximum atomic E-state index is 12.9. The van der Waals surface area contributed by atoms with E-state index in [1.807, 2.05) is 30.3 Å². The third kappa shape index (κ3) is 3.27. The molecule has 1 saturated heterocycles. The zero-order valence-electron chi connectivity index (χ0n) is 14.7. The molecular weight excluding hydrogens is 422 g/mol. The van der Waals surface area contributed by atoms with Crippen molar-refractivity contribution >= 4 is 33.4 Å². The summed E-state index contributed by atoms with van der Waals surface area (Å²) in [6.45, 7) is 0.125. The number of aliphatic hydroxyl groups is 1. The molecule has 1 atom stereocenters. The summed E-state index contributed by atoms with van der Waals surface area (Å²) in [6.07, 6.45) is 1.52. The van der Waals surface area contributed by atoms with Crippen LogP contribution in [0.15, 0.2) is 87.5 Å². The van der Waals surface area contributed by atoms with Gasteiger partial charge in [0.2, 0.25) is 0 Å². The Bertz CT molecular complexity index is 1060. The molecule has 140 valence electrons. The third-order valence-corrected chi connectivity index (χ3v) is 5.15. The van der Waals surface area contributed by atoms with E-state index in [0.29, 0.717) is 11.3 Å². The summed E-state index contributed by atoms with van der Waals surface area (Å²) in [5.41, 5.74) is 1.27. The molecule has 1 unspecified atom stereocenters. The van der Waals surface area contributed by atoms with Gasteiger partial charge in [0.1, 0.15) is 11.5 Å². The Labute approximate surface area is 170 Å². The molecule has 1 aliphatic rings. The van der Waals surface area contributed by atoms with Crippen LogP contribution in [0, 0.1) is 0 Å². The number of amides is 1. The maximum Gasteiger partial charge on any atom is 0.296 e. The molecule has 1 aromatic heterocycles. The van der Waals surface area contributed by atoms with E-state index < -0.39 is 17.7 Å². The van der Waals surface area contributed by atoms with Gasteiger partial charge in [-0.25, -0.2) is 0 Å². The second kappa shape index (κ2) is 7.48. The van der Waals surface area contributed by atoms with Crippen molar-refractivity contribution in [1.82, 2.24) is 4.90 Å². The summed E-state index contributed by atoms with van der Waals surface area (Å²) >= 11 is 3.44. The summed E-state index contributed by atoms with van der Waals surface area (Å²) in [4.78, 5) is 27.1. The number of rotatable bonds is 4. The number of likely N-dealkylation sites (tertiary alicyclic amines) is 1. The molecule has 1 aliphatic heterocycles. The van der Waals surface area contributed by atoms with E-state index in [1.54, 1.807) is 36.4 Å². The normalized spacial score (nSPS) is 18.6. The Morgan fingerprint density at radius 1 is 1.04 bits per heavy atom. The number of Topliss-reactive ketones (excluding diaryl/α,β-unsaturated/α-hetero) is 1. The first-order chi connectivity index (χ1) is 13.6. The maximum absolute atomic E-state index is 12.9. The molecule has 0 saturated carbocycles. The molecule has 4 rings (SSSR count). The number of ketones is 1. The van der Waals surface area contributed by atoms with E-state index in [0.717, 1.165) is 10.0 Å². The van der Waals surface area contributed by atoms with E-state index in [4.69, 9.17) is 4.42 Å². The second-order valence-electron chi connectivity index (χ2n) is 6.43. The summed E-state index contributed by atoms with van der Waals surface area (Å²) < 4.78 is 6.19. The van der Waals surface area contributed by atoms with E-state index in [2.05, 4.69) is 15.9 Å². The standard InChI is InChI=1S/C22H16BrNO4/c23-16-9-4-8-15(12-16)19-18(20(25)14-6-2-1-3-7-14)21(26)22(27)24(19)13-17-10-5-11-28-17/h1-12,19,25H,13H2. The largest absolute Gasteiger partial charge is 0.507 e. The average Bonchev–Trinajstić information content (AvgIpc) is 3.30. The number of nitrogens with zero attached hydrogens (tertiary/aromatic N) is 1. The minimum Gasteiger partial charge on any atom is -0.507 e. The number of hydrogen-bond donors (Lipinski definition) is 1. The van der Waals surface area contributed by atoms with Crippen LogP contribution in [-0.4, -0.2) is 21.7 Å². The van der Waals surface area contributed by atoms with Gasteiger partial charge in [-0.1, -0.05) is 58.4 Å². The van der Waals surface area contributed by atoms with Gasteiger partial charge in [0.25, 0.3) is 11.7 Å². The molecule has 0 spiro atoms. The van der Waals surface area contributed by atoms with Gasteiger partial charge in [-0.3, -0.25) is 9.59 Å². The average molecular weight is 438 g/mol. The lowest BCUT2D eigenvalue weighted by molar-refractivity contribution is -0.140. The van der Waals surface area contributed by atoms with Gasteiger partial charge in [-0.15, -0.1) is 0 Å². The van der Waals surface area contributed by atoms with Gasteiger partial charge in [-0.2, -0.15) is 0 Å². The number of carbonyl (C=O) groups excluding carboxylic acids is 2. The van der Waals surface area contributed by atoms with Crippen LogP contribution in [0.25, 0.3) is 5.76 Å². The molecule has 0 radical (unpaired) electrons. The molecule has 5 nitrogen and oxygen atoms in total.